The molecule has 1 fully saturated rings. The van der Waals surface area contributed by atoms with Gasteiger partial charge in [-0.05, 0) is 19.4 Å². The largest absolute Gasteiger partial charge is 0.349 e. The van der Waals surface area contributed by atoms with Crippen molar-refractivity contribution >= 4 is 42.1 Å². The number of aromatic nitrogens is 4. The first-order valence-corrected chi connectivity index (χ1v) is 8.04. The molecule has 0 spiro atoms. The second-order valence-electron chi connectivity index (χ2n) is 5.03. The first-order chi connectivity index (χ1) is 10.3. The summed E-state index contributed by atoms with van der Waals surface area (Å²) in [5.41, 5.74) is 2.78. The zero-order valence-corrected chi connectivity index (χ0v) is 14.9. The Kier molecular flexibility index (Phi) is 8.46. The monoisotopic (exact) mass is 378 g/mol. The highest BCUT2D eigenvalue weighted by atomic mass is 35.5. The van der Waals surface area contributed by atoms with Gasteiger partial charge in [-0.25, -0.2) is 14.6 Å². The van der Waals surface area contributed by atoms with Crippen molar-refractivity contribution in [2.24, 2.45) is 0 Å². The van der Waals surface area contributed by atoms with E-state index in [-0.39, 0.29) is 36.5 Å². The Balaban J connectivity index is 0.00000132. The van der Waals surface area contributed by atoms with E-state index in [1.807, 2.05) is 5.38 Å². The molecule has 1 aliphatic rings. The van der Waals surface area contributed by atoms with Gasteiger partial charge in [-0.1, -0.05) is 0 Å². The van der Waals surface area contributed by atoms with Crippen LogP contribution in [0.3, 0.4) is 0 Å². The van der Waals surface area contributed by atoms with Crippen molar-refractivity contribution < 1.29 is 4.79 Å². The molecule has 1 atom stereocenters. The predicted octanol–water partition coefficient (Wildman–Crippen LogP) is 1.48. The van der Waals surface area contributed by atoms with E-state index in [1.54, 1.807) is 27.9 Å². The summed E-state index contributed by atoms with van der Waals surface area (Å²) in [6.07, 6.45) is 4.57. The van der Waals surface area contributed by atoms with Crippen LogP contribution in [0.5, 0.6) is 0 Å². The van der Waals surface area contributed by atoms with Crippen molar-refractivity contribution in [2.75, 3.05) is 19.6 Å². The number of halogens is 2. The Morgan fingerprint density at radius 2 is 2.30 bits per heavy atom. The molecule has 0 bridgehead atoms. The quantitative estimate of drug-likeness (QED) is 0.822. The van der Waals surface area contributed by atoms with E-state index in [0.29, 0.717) is 12.6 Å². The minimum atomic E-state index is -0.229. The second kappa shape index (κ2) is 9.82. The Labute approximate surface area is 151 Å². The van der Waals surface area contributed by atoms with E-state index < -0.39 is 0 Å². The maximum absolute atomic E-state index is 12.0. The van der Waals surface area contributed by atoms with Gasteiger partial charge in [-0.3, -0.25) is 4.79 Å². The summed E-state index contributed by atoms with van der Waals surface area (Å²) >= 11 is 1.56. The van der Waals surface area contributed by atoms with Crippen LogP contribution >= 0.6 is 36.2 Å². The highest BCUT2D eigenvalue weighted by molar-refractivity contribution is 7.07. The van der Waals surface area contributed by atoms with Gasteiger partial charge in [0.05, 0.1) is 17.2 Å². The van der Waals surface area contributed by atoms with Crippen LogP contribution < -0.4 is 10.6 Å². The molecule has 23 heavy (non-hydrogen) atoms. The van der Waals surface area contributed by atoms with Crippen molar-refractivity contribution in [3.8, 4) is 0 Å². The maximum Gasteiger partial charge on any atom is 0.290 e. The summed E-state index contributed by atoms with van der Waals surface area (Å²) in [6.45, 7) is 2.48. The number of nitrogens with one attached hydrogen (secondary N) is 2. The number of nitrogens with zero attached hydrogens (tertiary/aromatic N) is 4. The Morgan fingerprint density at radius 1 is 1.43 bits per heavy atom. The SMILES string of the molecule is Cl.Cl.O=C(NCCc1cscn1)c1ncn(C2CCCNC2)n1. The average Bonchev–Trinajstić information content (AvgIpc) is 3.20. The summed E-state index contributed by atoms with van der Waals surface area (Å²) in [6, 6.07) is 0.294. The summed E-state index contributed by atoms with van der Waals surface area (Å²) in [5, 5.41) is 12.4. The van der Waals surface area contributed by atoms with E-state index in [9.17, 15) is 4.79 Å². The lowest BCUT2D eigenvalue weighted by molar-refractivity contribution is 0.0943. The minimum absolute atomic E-state index is 0. The van der Waals surface area contributed by atoms with Gasteiger partial charge in [0, 0.05) is 24.9 Å². The van der Waals surface area contributed by atoms with Crippen LogP contribution in [-0.2, 0) is 6.42 Å². The van der Waals surface area contributed by atoms with Crippen molar-refractivity contribution in [3.63, 3.8) is 0 Å². The second-order valence-corrected chi connectivity index (χ2v) is 5.75. The first kappa shape index (κ1) is 19.8. The van der Waals surface area contributed by atoms with E-state index in [2.05, 4.69) is 25.7 Å². The van der Waals surface area contributed by atoms with Crippen LogP contribution in [0.4, 0.5) is 0 Å². The van der Waals surface area contributed by atoms with Crippen LogP contribution in [0.1, 0.15) is 35.2 Å². The van der Waals surface area contributed by atoms with Gasteiger partial charge in [0.25, 0.3) is 5.91 Å². The van der Waals surface area contributed by atoms with E-state index in [0.717, 1.165) is 38.0 Å². The zero-order chi connectivity index (χ0) is 14.5. The van der Waals surface area contributed by atoms with Crippen molar-refractivity contribution in [3.05, 3.63) is 28.7 Å². The molecule has 128 valence electrons. The Morgan fingerprint density at radius 3 is 3.00 bits per heavy atom. The zero-order valence-electron chi connectivity index (χ0n) is 12.5. The highest BCUT2D eigenvalue weighted by Gasteiger charge is 2.18. The number of carbonyl (C=O) groups excluding carboxylic acids is 1. The number of amides is 1. The molecule has 2 aromatic heterocycles. The van der Waals surface area contributed by atoms with Gasteiger partial charge >= 0.3 is 0 Å². The van der Waals surface area contributed by atoms with E-state index >= 15 is 0 Å². The van der Waals surface area contributed by atoms with Gasteiger partial charge in [0.1, 0.15) is 6.33 Å². The van der Waals surface area contributed by atoms with E-state index in [1.165, 1.54) is 0 Å². The summed E-state index contributed by atoms with van der Waals surface area (Å²) in [7, 11) is 0. The summed E-state index contributed by atoms with van der Waals surface area (Å²) < 4.78 is 1.79. The summed E-state index contributed by atoms with van der Waals surface area (Å²) in [4.78, 5) is 20.3. The smallest absolute Gasteiger partial charge is 0.290 e. The summed E-state index contributed by atoms with van der Waals surface area (Å²) in [5.74, 6) is 0.00611. The lowest BCUT2D eigenvalue weighted by Gasteiger charge is -2.22. The normalized spacial score (nSPS) is 17.0. The van der Waals surface area contributed by atoms with Gasteiger partial charge in [0.15, 0.2) is 0 Å². The molecule has 1 saturated heterocycles. The van der Waals surface area contributed by atoms with Crippen LogP contribution in [0.15, 0.2) is 17.2 Å². The molecule has 3 heterocycles. The predicted molar refractivity (Wildman–Crippen MR) is 93.8 cm³/mol. The Hall–Kier alpha value is -1.22. The van der Waals surface area contributed by atoms with Gasteiger partial charge in [-0.2, -0.15) is 0 Å². The van der Waals surface area contributed by atoms with Gasteiger partial charge in [-0.15, -0.1) is 41.2 Å². The molecule has 10 heteroatoms. The molecule has 3 rings (SSSR count). The number of piperidine rings is 1. The molecule has 0 radical (unpaired) electrons. The molecule has 2 N–H and O–H groups in total. The number of thiazole rings is 1. The molecule has 0 aliphatic carbocycles. The topological polar surface area (TPSA) is 84.7 Å². The van der Waals surface area contributed by atoms with E-state index in [4.69, 9.17) is 0 Å². The third-order valence-corrected chi connectivity index (χ3v) is 4.14. The van der Waals surface area contributed by atoms with Gasteiger partial charge in [0.2, 0.25) is 5.82 Å². The first-order valence-electron chi connectivity index (χ1n) is 7.10. The minimum Gasteiger partial charge on any atom is -0.349 e. The molecule has 0 aromatic carbocycles. The van der Waals surface area contributed by atoms with Gasteiger partial charge < -0.3 is 10.6 Å². The Bertz CT molecular complexity index is 585. The fourth-order valence-electron chi connectivity index (χ4n) is 2.36. The standard InChI is InChI=1S/C13H18N6OS.2ClH/c20-13(15-5-3-10-7-21-9-17-10)12-16-8-19(18-12)11-2-1-4-14-6-11;;/h7-9,11,14H,1-6H2,(H,15,20);2*1H. The number of rotatable bonds is 5. The van der Waals surface area contributed by atoms with Crippen LogP contribution in [0.2, 0.25) is 0 Å². The lowest BCUT2D eigenvalue weighted by Crippen LogP contribution is -2.32. The van der Waals surface area contributed by atoms with Crippen molar-refractivity contribution in [1.82, 2.24) is 30.4 Å². The molecule has 7 nitrogen and oxygen atoms in total. The average molecular weight is 379 g/mol. The highest BCUT2D eigenvalue weighted by Crippen LogP contribution is 2.14. The number of hydrogen-bond donors (Lipinski definition) is 2. The number of carbonyl (C=O) groups is 1. The molecule has 1 amide bonds. The molecule has 1 unspecified atom stereocenters. The molecule has 2 aromatic rings. The van der Waals surface area contributed by atoms with Crippen molar-refractivity contribution in [1.29, 1.82) is 0 Å². The molecular formula is C13H20Cl2N6OS. The van der Waals surface area contributed by atoms with Crippen molar-refractivity contribution in [2.45, 2.75) is 25.3 Å². The fourth-order valence-corrected chi connectivity index (χ4v) is 2.95. The van der Waals surface area contributed by atoms with Crippen LogP contribution in [0.25, 0.3) is 0 Å². The van der Waals surface area contributed by atoms with Crippen LogP contribution in [-0.4, -0.2) is 45.3 Å². The molecule has 1 aliphatic heterocycles. The fraction of sp³-hybridized carbons (Fsp3) is 0.538. The third-order valence-electron chi connectivity index (χ3n) is 3.51. The van der Waals surface area contributed by atoms with Crippen LogP contribution in [0, 0.1) is 0 Å². The third kappa shape index (κ3) is 5.42. The molecule has 0 saturated carbocycles. The molecular weight excluding hydrogens is 359 g/mol. The number of hydrogen-bond acceptors (Lipinski definition) is 6. The maximum atomic E-state index is 12.0. The lowest BCUT2D eigenvalue weighted by atomic mass is 10.1.